The van der Waals surface area contributed by atoms with E-state index in [0.717, 1.165) is 5.56 Å². The molecule has 31 heavy (non-hydrogen) atoms. The van der Waals surface area contributed by atoms with E-state index in [1.54, 1.807) is 45.0 Å². The lowest BCUT2D eigenvalue weighted by Gasteiger charge is -2.20. The quantitative estimate of drug-likeness (QED) is 0.506. The Morgan fingerprint density at radius 2 is 1.55 bits per heavy atom. The van der Waals surface area contributed by atoms with Crippen molar-refractivity contribution in [3.8, 4) is 11.4 Å². The molecule has 3 aromatic rings. The molecule has 0 fully saturated rings. The first kappa shape index (κ1) is 22.6. The number of rotatable bonds is 7. The summed E-state index contributed by atoms with van der Waals surface area (Å²) in [4.78, 5) is 13.6. The smallest absolute Gasteiger partial charge is 0.241 e. The molecular formula is C22H28N6O2S. The van der Waals surface area contributed by atoms with Gasteiger partial charge in [0.2, 0.25) is 21.9 Å². The Labute approximate surface area is 183 Å². The second kappa shape index (κ2) is 8.99. The van der Waals surface area contributed by atoms with Gasteiger partial charge in [-0.25, -0.2) is 13.1 Å². The van der Waals surface area contributed by atoms with Crippen molar-refractivity contribution < 1.29 is 8.42 Å². The minimum Gasteiger partial charge on any atom is -0.352 e. The highest BCUT2D eigenvalue weighted by Crippen LogP contribution is 2.22. The number of nitrogens with zero attached hydrogens (tertiary/aromatic N) is 3. The standard InChI is InChI=1S/C22H28N6O2S/c1-15(2)23-20-25-19(16-10-7-6-8-11-16)26-21(27-20)24-17-12-9-13-18(14-17)31(29,30)28-22(3,4)5/h6-15,28H,1-5H3,(H2,23,24,25,26,27). The Kier molecular flexibility index (Phi) is 6.56. The Morgan fingerprint density at radius 3 is 2.19 bits per heavy atom. The van der Waals surface area contributed by atoms with Gasteiger partial charge < -0.3 is 10.6 Å². The molecule has 0 amide bonds. The van der Waals surface area contributed by atoms with Gasteiger partial charge in [0.05, 0.1) is 4.90 Å². The fourth-order valence-electron chi connectivity index (χ4n) is 2.80. The highest BCUT2D eigenvalue weighted by Gasteiger charge is 2.22. The largest absolute Gasteiger partial charge is 0.352 e. The van der Waals surface area contributed by atoms with Gasteiger partial charge in [-0.15, -0.1) is 0 Å². The molecule has 0 aliphatic heterocycles. The number of aromatic nitrogens is 3. The minimum atomic E-state index is -3.66. The van der Waals surface area contributed by atoms with Gasteiger partial charge in [-0.2, -0.15) is 15.0 Å². The van der Waals surface area contributed by atoms with Crippen LogP contribution in [0, 0.1) is 0 Å². The number of sulfonamides is 1. The summed E-state index contributed by atoms with van der Waals surface area (Å²) in [6, 6.07) is 16.3. The van der Waals surface area contributed by atoms with E-state index in [1.165, 1.54) is 0 Å². The van der Waals surface area contributed by atoms with Crippen LogP contribution in [0.5, 0.6) is 0 Å². The maximum absolute atomic E-state index is 12.7. The Morgan fingerprint density at radius 1 is 0.871 bits per heavy atom. The molecule has 0 saturated heterocycles. The van der Waals surface area contributed by atoms with Crippen molar-refractivity contribution in [2.75, 3.05) is 10.6 Å². The molecule has 3 N–H and O–H groups in total. The van der Waals surface area contributed by atoms with Gasteiger partial charge in [-0.3, -0.25) is 0 Å². The maximum Gasteiger partial charge on any atom is 0.241 e. The number of hydrogen-bond donors (Lipinski definition) is 3. The fourth-order valence-corrected chi connectivity index (χ4v) is 4.27. The first-order chi connectivity index (χ1) is 14.5. The summed E-state index contributed by atoms with van der Waals surface area (Å²) in [5.41, 5.74) is 0.821. The first-order valence-corrected chi connectivity index (χ1v) is 11.5. The second-order valence-electron chi connectivity index (χ2n) is 8.48. The van der Waals surface area contributed by atoms with E-state index in [4.69, 9.17) is 0 Å². The van der Waals surface area contributed by atoms with Gasteiger partial charge in [-0.05, 0) is 52.8 Å². The number of anilines is 3. The molecule has 2 aromatic carbocycles. The van der Waals surface area contributed by atoms with Gasteiger partial charge in [0.15, 0.2) is 5.82 Å². The van der Waals surface area contributed by atoms with Crippen LogP contribution in [0.15, 0.2) is 59.5 Å². The van der Waals surface area contributed by atoms with Crippen LogP contribution < -0.4 is 15.4 Å². The lowest BCUT2D eigenvalue weighted by Crippen LogP contribution is -2.40. The zero-order valence-corrected chi connectivity index (χ0v) is 19.2. The molecule has 164 valence electrons. The molecule has 0 bridgehead atoms. The highest BCUT2D eigenvalue weighted by atomic mass is 32.2. The summed E-state index contributed by atoms with van der Waals surface area (Å²) in [5, 5.41) is 6.30. The topological polar surface area (TPSA) is 109 Å². The number of hydrogen-bond acceptors (Lipinski definition) is 7. The van der Waals surface area contributed by atoms with E-state index in [9.17, 15) is 8.42 Å². The van der Waals surface area contributed by atoms with Crippen LogP contribution in [0.4, 0.5) is 17.6 Å². The Bertz CT molecular complexity index is 1140. The predicted molar refractivity (Wildman–Crippen MR) is 124 cm³/mol. The van der Waals surface area contributed by atoms with Crippen LogP contribution in [0.1, 0.15) is 34.6 Å². The molecule has 0 radical (unpaired) electrons. The van der Waals surface area contributed by atoms with Gasteiger partial charge in [0, 0.05) is 22.8 Å². The van der Waals surface area contributed by atoms with Crippen molar-refractivity contribution in [2.45, 2.75) is 51.1 Å². The predicted octanol–water partition coefficient (Wildman–Crippen LogP) is 4.18. The summed E-state index contributed by atoms with van der Waals surface area (Å²) in [5.74, 6) is 1.26. The molecule has 0 atom stereocenters. The zero-order valence-electron chi connectivity index (χ0n) is 18.3. The Balaban J connectivity index is 1.95. The highest BCUT2D eigenvalue weighted by molar-refractivity contribution is 7.89. The van der Waals surface area contributed by atoms with E-state index >= 15 is 0 Å². The molecule has 1 heterocycles. The molecule has 0 spiro atoms. The van der Waals surface area contributed by atoms with Crippen LogP contribution in [-0.2, 0) is 10.0 Å². The molecule has 0 aliphatic carbocycles. The molecule has 8 nitrogen and oxygen atoms in total. The maximum atomic E-state index is 12.7. The third-order valence-corrected chi connectivity index (χ3v) is 5.68. The minimum absolute atomic E-state index is 0.135. The molecular weight excluding hydrogens is 412 g/mol. The average Bonchev–Trinajstić information content (AvgIpc) is 2.66. The van der Waals surface area contributed by atoms with Crippen molar-refractivity contribution in [1.29, 1.82) is 0 Å². The fraction of sp³-hybridized carbons (Fsp3) is 0.318. The van der Waals surface area contributed by atoms with Crippen molar-refractivity contribution in [2.24, 2.45) is 0 Å². The molecule has 9 heteroatoms. The average molecular weight is 441 g/mol. The first-order valence-electron chi connectivity index (χ1n) is 10.0. The summed E-state index contributed by atoms with van der Waals surface area (Å²) in [7, 11) is -3.66. The van der Waals surface area contributed by atoms with E-state index < -0.39 is 15.6 Å². The monoisotopic (exact) mass is 440 g/mol. The third-order valence-electron chi connectivity index (χ3n) is 3.93. The van der Waals surface area contributed by atoms with Gasteiger partial charge >= 0.3 is 0 Å². The molecule has 1 aromatic heterocycles. The number of benzene rings is 2. The molecule has 3 rings (SSSR count). The van der Waals surface area contributed by atoms with Crippen LogP contribution in [0.25, 0.3) is 11.4 Å². The zero-order chi connectivity index (χ0) is 22.6. The Hall–Kier alpha value is -3.04. The van der Waals surface area contributed by atoms with Crippen LogP contribution >= 0.6 is 0 Å². The third kappa shape index (κ3) is 6.47. The number of nitrogens with one attached hydrogen (secondary N) is 3. The summed E-state index contributed by atoms with van der Waals surface area (Å²) >= 11 is 0. The molecule has 0 aliphatic rings. The summed E-state index contributed by atoms with van der Waals surface area (Å²) in [6.45, 7) is 9.38. The van der Waals surface area contributed by atoms with E-state index in [-0.39, 0.29) is 10.9 Å². The second-order valence-corrected chi connectivity index (χ2v) is 10.2. The summed E-state index contributed by atoms with van der Waals surface area (Å²) < 4.78 is 28.0. The van der Waals surface area contributed by atoms with Crippen molar-refractivity contribution >= 4 is 27.6 Å². The summed E-state index contributed by atoms with van der Waals surface area (Å²) in [6.07, 6.45) is 0. The lowest BCUT2D eigenvalue weighted by atomic mass is 10.1. The van der Waals surface area contributed by atoms with E-state index in [0.29, 0.717) is 23.4 Å². The van der Waals surface area contributed by atoms with E-state index in [2.05, 4.69) is 30.3 Å². The van der Waals surface area contributed by atoms with Crippen LogP contribution in [0.3, 0.4) is 0 Å². The van der Waals surface area contributed by atoms with Crippen molar-refractivity contribution in [3.63, 3.8) is 0 Å². The van der Waals surface area contributed by atoms with Crippen molar-refractivity contribution in [3.05, 3.63) is 54.6 Å². The SMILES string of the molecule is CC(C)Nc1nc(Nc2cccc(S(=O)(=O)NC(C)(C)C)c2)nc(-c2ccccc2)n1. The molecule has 0 unspecified atom stereocenters. The van der Waals surface area contributed by atoms with Crippen molar-refractivity contribution in [1.82, 2.24) is 19.7 Å². The van der Waals surface area contributed by atoms with Gasteiger partial charge in [-0.1, -0.05) is 36.4 Å². The lowest BCUT2D eigenvalue weighted by molar-refractivity contribution is 0.491. The van der Waals surface area contributed by atoms with Gasteiger partial charge in [0.25, 0.3) is 0 Å². The van der Waals surface area contributed by atoms with E-state index in [1.807, 2.05) is 44.2 Å². The van der Waals surface area contributed by atoms with Crippen LogP contribution in [0.2, 0.25) is 0 Å². The molecule has 0 saturated carbocycles. The van der Waals surface area contributed by atoms with Gasteiger partial charge in [0.1, 0.15) is 0 Å². The normalized spacial score (nSPS) is 12.1. The van der Waals surface area contributed by atoms with Crippen LogP contribution in [-0.4, -0.2) is 35.0 Å².